The first-order chi connectivity index (χ1) is 9.19. The predicted molar refractivity (Wildman–Crippen MR) is 75.9 cm³/mol. The number of carbonyl (C=O) groups is 1. The molecule has 1 fully saturated rings. The minimum absolute atomic E-state index is 0.177. The van der Waals surface area contributed by atoms with Crippen LogP contribution in [0, 0.1) is 0 Å². The van der Waals surface area contributed by atoms with Gasteiger partial charge in [-0.05, 0) is 17.9 Å². The minimum atomic E-state index is -0.283. The lowest BCUT2D eigenvalue weighted by Gasteiger charge is -2.40. The van der Waals surface area contributed by atoms with Crippen LogP contribution < -0.4 is 5.73 Å². The van der Waals surface area contributed by atoms with Crippen molar-refractivity contribution >= 4 is 17.2 Å². The molecule has 1 aromatic rings. The van der Waals surface area contributed by atoms with Gasteiger partial charge in [0.1, 0.15) is 0 Å². The number of piperazine rings is 1. The van der Waals surface area contributed by atoms with Gasteiger partial charge >= 0.3 is 0 Å². The second-order valence-electron chi connectivity index (χ2n) is 4.92. The van der Waals surface area contributed by atoms with Gasteiger partial charge < -0.3 is 10.8 Å². The number of hydrogen-bond donors (Lipinski definition) is 2. The van der Waals surface area contributed by atoms with Gasteiger partial charge in [0.25, 0.3) is 0 Å². The summed E-state index contributed by atoms with van der Waals surface area (Å²) in [7, 11) is 0. The molecule has 2 heterocycles. The lowest BCUT2D eigenvalue weighted by Crippen LogP contribution is -2.54. The fourth-order valence-electron chi connectivity index (χ4n) is 2.55. The Balaban J connectivity index is 1.94. The summed E-state index contributed by atoms with van der Waals surface area (Å²) in [6.07, 6.45) is 0.737. The van der Waals surface area contributed by atoms with E-state index in [2.05, 4.69) is 27.3 Å². The van der Waals surface area contributed by atoms with Crippen LogP contribution in [0.25, 0.3) is 0 Å². The van der Waals surface area contributed by atoms with Gasteiger partial charge in [-0.3, -0.25) is 14.6 Å². The molecule has 1 saturated heterocycles. The first-order valence-corrected chi connectivity index (χ1v) is 7.45. The maximum Gasteiger partial charge on any atom is 0.231 e. The van der Waals surface area contributed by atoms with Crippen LogP contribution in [0.15, 0.2) is 17.5 Å². The van der Waals surface area contributed by atoms with Crippen molar-refractivity contribution in [1.82, 2.24) is 9.80 Å². The highest BCUT2D eigenvalue weighted by atomic mass is 32.1. The van der Waals surface area contributed by atoms with Crippen LogP contribution in [0.1, 0.15) is 11.3 Å². The summed E-state index contributed by atoms with van der Waals surface area (Å²) in [4.78, 5) is 16.8. The molecule has 0 unspecified atom stereocenters. The highest BCUT2D eigenvalue weighted by molar-refractivity contribution is 7.09. The molecule has 6 heteroatoms. The smallest absolute Gasteiger partial charge is 0.231 e. The van der Waals surface area contributed by atoms with E-state index < -0.39 is 0 Å². The van der Waals surface area contributed by atoms with Crippen LogP contribution in [0.3, 0.4) is 0 Å². The average molecular weight is 283 g/mol. The molecular weight excluding hydrogens is 262 g/mol. The molecule has 3 N–H and O–H groups in total. The van der Waals surface area contributed by atoms with E-state index >= 15 is 0 Å². The zero-order chi connectivity index (χ0) is 13.7. The van der Waals surface area contributed by atoms with Crippen LogP contribution in [0.2, 0.25) is 0 Å². The van der Waals surface area contributed by atoms with Gasteiger partial charge in [0.15, 0.2) is 0 Å². The maximum atomic E-state index is 11.0. The Morgan fingerprint density at radius 1 is 1.53 bits per heavy atom. The Morgan fingerprint density at radius 2 is 2.37 bits per heavy atom. The normalized spacial score (nSPS) is 21.6. The van der Waals surface area contributed by atoms with Gasteiger partial charge in [-0.15, -0.1) is 11.3 Å². The summed E-state index contributed by atoms with van der Waals surface area (Å²) in [6.45, 7) is 3.98. The maximum absolute atomic E-state index is 11.0. The van der Waals surface area contributed by atoms with Crippen LogP contribution >= 0.6 is 11.3 Å². The third-order valence-corrected chi connectivity index (χ3v) is 4.33. The van der Waals surface area contributed by atoms with E-state index in [4.69, 9.17) is 5.73 Å². The molecule has 1 aliphatic heterocycles. The molecule has 1 amide bonds. The first kappa shape index (κ1) is 14.5. The van der Waals surface area contributed by atoms with E-state index in [0.29, 0.717) is 12.6 Å². The van der Waals surface area contributed by atoms with Gasteiger partial charge in [0, 0.05) is 43.7 Å². The molecular formula is C13H21N3O2S. The number of aliphatic hydroxyl groups is 1. The highest BCUT2D eigenvalue weighted by Crippen LogP contribution is 2.18. The quantitative estimate of drug-likeness (QED) is 0.777. The molecule has 5 nitrogen and oxygen atoms in total. The number of aliphatic hydroxyl groups excluding tert-OH is 1. The molecule has 19 heavy (non-hydrogen) atoms. The lowest BCUT2D eigenvalue weighted by molar-refractivity contribution is -0.119. The lowest BCUT2D eigenvalue weighted by atomic mass is 10.1. The minimum Gasteiger partial charge on any atom is -0.396 e. The van der Waals surface area contributed by atoms with Crippen molar-refractivity contribution in [3.8, 4) is 0 Å². The second kappa shape index (κ2) is 7.00. The molecule has 0 aromatic carbocycles. The molecule has 1 aliphatic rings. The second-order valence-corrected chi connectivity index (χ2v) is 5.95. The van der Waals surface area contributed by atoms with E-state index in [0.717, 1.165) is 32.6 Å². The van der Waals surface area contributed by atoms with Crippen molar-refractivity contribution < 1.29 is 9.90 Å². The monoisotopic (exact) mass is 283 g/mol. The number of nitrogens with two attached hydrogens (primary N) is 1. The Kier molecular flexibility index (Phi) is 5.33. The number of hydrogen-bond acceptors (Lipinski definition) is 5. The standard InChI is InChI=1S/C13H21N3O2S/c14-13(18)10-15-4-5-16(11(8-15)3-6-17)9-12-2-1-7-19-12/h1-2,7,11,17H,3-6,8-10H2,(H2,14,18)/t11-/m0/s1. The van der Waals surface area contributed by atoms with Gasteiger partial charge in [0.2, 0.25) is 5.91 Å². The van der Waals surface area contributed by atoms with E-state index in [1.54, 1.807) is 11.3 Å². The molecule has 1 atom stereocenters. The predicted octanol–water partition coefficient (Wildman–Crippen LogP) is 0.102. The number of rotatable bonds is 6. The molecule has 0 saturated carbocycles. The highest BCUT2D eigenvalue weighted by Gasteiger charge is 2.27. The van der Waals surface area contributed by atoms with Gasteiger partial charge in [-0.25, -0.2) is 0 Å². The third kappa shape index (κ3) is 4.28. The summed E-state index contributed by atoms with van der Waals surface area (Å²) in [6, 6.07) is 4.49. The van der Waals surface area contributed by atoms with Crippen molar-refractivity contribution in [2.24, 2.45) is 5.73 Å². The Morgan fingerprint density at radius 3 is 3.00 bits per heavy atom. The molecule has 0 aliphatic carbocycles. The number of nitrogens with zero attached hydrogens (tertiary/aromatic N) is 2. The van der Waals surface area contributed by atoms with E-state index in [1.165, 1.54) is 4.88 Å². The Labute approximate surface area is 117 Å². The van der Waals surface area contributed by atoms with Crippen LogP contribution in [0.5, 0.6) is 0 Å². The number of carbonyl (C=O) groups excluding carboxylic acids is 1. The Hall–Kier alpha value is -0.950. The van der Waals surface area contributed by atoms with E-state index in [9.17, 15) is 9.90 Å². The fraction of sp³-hybridized carbons (Fsp3) is 0.615. The van der Waals surface area contributed by atoms with Crippen LogP contribution in [-0.2, 0) is 11.3 Å². The summed E-state index contributed by atoms with van der Waals surface area (Å²) >= 11 is 1.76. The largest absolute Gasteiger partial charge is 0.396 e. The molecule has 0 radical (unpaired) electrons. The molecule has 2 rings (SSSR count). The van der Waals surface area contributed by atoms with Gasteiger partial charge in [-0.1, -0.05) is 6.07 Å². The van der Waals surface area contributed by atoms with Crippen LogP contribution in [-0.4, -0.2) is 59.6 Å². The van der Waals surface area contributed by atoms with Crippen molar-refractivity contribution in [3.63, 3.8) is 0 Å². The topological polar surface area (TPSA) is 69.8 Å². The zero-order valence-corrected chi connectivity index (χ0v) is 11.8. The average Bonchev–Trinajstić information content (AvgIpc) is 2.85. The van der Waals surface area contributed by atoms with E-state index in [1.807, 2.05) is 0 Å². The molecule has 106 valence electrons. The van der Waals surface area contributed by atoms with Crippen molar-refractivity contribution in [3.05, 3.63) is 22.4 Å². The fourth-order valence-corrected chi connectivity index (χ4v) is 3.28. The summed E-state index contributed by atoms with van der Waals surface area (Å²) in [5.74, 6) is -0.283. The Bertz CT molecular complexity index is 397. The third-order valence-electron chi connectivity index (χ3n) is 3.47. The van der Waals surface area contributed by atoms with Gasteiger partial charge in [0.05, 0.1) is 6.54 Å². The SMILES string of the molecule is NC(=O)CN1CCN(Cc2cccs2)[C@@H](CCO)C1. The van der Waals surface area contributed by atoms with Crippen LogP contribution in [0.4, 0.5) is 0 Å². The van der Waals surface area contributed by atoms with E-state index in [-0.39, 0.29) is 12.5 Å². The van der Waals surface area contributed by atoms with Gasteiger partial charge in [-0.2, -0.15) is 0 Å². The van der Waals surface area contributed by atoms with Crippen molar-refractivity contribution in [2.45, 2.75) is 19.0 Å². The summed E-state index contributed by atoms with van der Waals surface area (Å²) in [5.41, 5.74) is 5.25. The molecule has 1 aromatic heterocycles. The number of thiophene rings is 1. The zero-order valence-electron chi connectivity index (χ0n) is 11.0. The number of amides is 1. The number of primary amides is 1. The molecule has 0 bridgehead atoms. The summed E-state index contributed by atoms with van der Waals surface area (Å²) in [5, 5.41) is 11.3. The molecule has 0 spiro atoms. The van der Waals surface area contributed by atoms with Crippen molar-refractivity contribution in [1.29, 1.82) is 0 Å². The van der Waals surface area contributed by atoms with Crippen molar-refractivity contribution in [2.75, 3.05) is 32.8 Å². The first-order valence-electron chi connectivity index (χ1n) is 6.57. The summed E-state index contributed by atoms with van der Waals surface area (Å²) < 4.78 is 0.